The molecule has 2 heterocycles. The first-order chi connectivity index (χ1) is 13.8. The van der Waals surface area contributed by atoms with Crippen LogP contribution in [0.3, 0.4) is 0 Å². The number of nitrogens with one attached hydrogen (secondary N) is 2. The molecule has 0 aliphatic rings. The van der Waals surface area contributed by atoms with E-state index in [9.17, 15) is 4.79 Å². The van der Waals surface area contributed by atoms with Crippen LogP contribution in [0.25, 0.3) is 10.2 Å². The van der Waals surface area contributed by atoms with Crippen LogP contribution in [0, 0.1) is 0 Å². The second kappa shape index (κ2) is 8.86. The van der Waals surface area contributed by atoms with E-state index in [0.29, 0.717) is 6.54 Å². The fourth-order valence-electron chi connectivity index (χ4n) is 2.66. The van der Waals surface area contributed by atoms with Gasteiger partial charge in [-0.2, -0.15) is 0 Å². The highest BCUT2D eigenvalue weighted by Crippen LogP contribution is 2.23. The number of anilines is 1. The first kappa shape index (κ1) is 18.5. The molecule has 0 radical (unpaired) electrons. The predicted octanol–water partition coefficient (Wildman–Crippen LogP) is 5.31. The number of amides is 2. The Bertz CT molecular complexity index is 1050. The third-order valence-corrected chi connectivity index (χ3v) is 6.00. The van der Waals surface area contributed by atoms with Gasteiger partial charge in [0.05, 0.1) is 21.8 Å². The highest BCUT2D eigenvalue weighted by atomic mass is 32.2. The summed E-state index contributed by atoms with van der Waals surface area (Å²) in [6.07, 6.45) is 1.79. The van der Waals surface area contributed by atoms with Gasteiger partial charge in [0.1, 0.15) is 5.01 Å². The Kier molecular flexibility index (Phi) is 5.84. The van der Waals surface area contributed by atoms with Crippen LogP contribution in [0.15, 0.2) is 78.0 Å². The van der Waals surface area contributed by atoms with Crippen LogP contribution in [-0.4, -0.2) is 16.0 Å². The quantitative estimate of drug-likeness (QED) is 0.426. The molecule has 0 aliphatic heterocycles. The Morgan fingerprint density at radius 3 is 2.79 bits per heavy atom. The molecule has 7 heteroatoms. The molecule has 2 aromatic carbocycles. The number of pyridine rings is 1. The van der Waals surface area contributed by atoms with Gasteiger partial charge in [-0.05, 0) is 42.0 Å². The van der Waals surface area contributed by atoms with Crippen LogP contribution >= 0.6 is 23.1 Å². The Labute approximate surface area is 171 Å². The molecule has 5 nitrogen and oxygen atoms in total. The Morgan fingerprint density at radius 1 is 1.04 bits per heavy atom. The number of para-hydroxylation sites is 1. The number of hydrogen-bond donors (Lipinski definition) is 2. The van der Waals surface area contributed by atoms with Crippen LogP contribution < -0.4 is 10.6 Å². The van der Waals surface area contributed by atoms with Gasteiger partial charge in [-0.15, -0.1) is 23.1 Å². The van der Waals surface area contributed by atoms with Crippen LogP contribution in [-0.2, 0) is 12.3 Å². The average Bonchev–Trinajstić information content (AvgIpc) is 3.15. The van der Waals surface area contributed by atoms with Crippen molar-refractivity contribution in [2.75, 3.05) is 5.32 Å². The Morgan fingerprint density at radius 2 is 1.93 bits per heavy atom. The van der Waals surface area contributed by atoms with Crippen molar-refractivity contribution in [3.63, 3.8) is 0 Å². The van der Waals surface area contributed by atoms with Gasteiger partial charge < -0.3 is 10.6 Å². The van der Waals surface area contributed by atoms with Crippen molar-refractivity contribution in [3.05, 3.63) is 83.5 Å². The van der Waals surface area contributed by atoms with Crippen molar-refractivity contribution in [3.8, 4) is 0 Å². The van der Waals surface area contributed by atoms with Crippen LogP contribution in [0.5, 0.6) is 0 Å². The number of hydrogen-bond acceptors (Lipinski definition) is 5. The number of rotatable bonds is 6. The second-order valence-corrected chi connectivity index (χ2v) is 8.15. The molecule has 28 heavy (non-hydrogen) atoms. The summed E-state index contributed by atoms with van der Waals surface area (Å²) in [6.45, 7) is 0.403. The zero-order valence-electron chi connectivity index (χ0n) is 15.0. The van der Waals surface area contributed by atoms with E-state index in [2.05, 4.69) is 20.6 Å². The molecular weight excluding hydrogens is 388 g/mol. The van der Waals surface area contributed by atoms with E-state index >= 15 is 0 Å². The number of thioether (sulfide) groups is 1. The van der Waals surface area contributed by atoms with Crippen LogP contribution in [0.2, 0.25) is 0 Å². The predicted molar refractivity (Wildman–Crippen MR) is 116 cm³/mol. The third-order valence-electron chi connectivity index (χ3n) is 3.95. The third kappa shape index (κ3) is 4.88. The van der Waals surface area contributed by atoms with Crippen molar-refractivity contribution in [2.45, 2.75) is 17.3 Å². The normalized spacial score (nSPS) is 10.7. The first-order valence-corrected chi connectivity index (χ1v) is 10.6. The van der Waals surface area contributed by atoms with E-state index in [4.69, 9.17) is 0 Å². The first-order valence-electron chi connectivity index (χ1n) is 8.78. The summed E-state index contributed by atoms with van der Waals surface area (Å²) in [5.74, 6) is 0.792. The van der Waals surface area contributed by atoms with Crippen molar-refractivity contribution in [1.29, 1.82) is 0 Å². The number of thiazole rings is 1. The van der Waals surface area contributed by atoms with Gasteiger partial charge in [-0.3, -0.25) is 0 Å². The molecule has 0 saturated heterocycles. The topological polar surface area (TPSA) is 66.9 Å². The van der Waals surface area contributed by atoms with E-state index < -0.39 is 0 Å². The highest BCUT2D eigenvalue weighted by molar-refractivity contribution is 7.98. The molecule has 4 aromatic rings. The van der Waals surface area contributed by atoms with E-state index in [1.165, 1.54) is 0 Å². The molecule has 0 aliphatic carbocycles. The molecular formula is C21H18N4OS2. The van der Waals surface area contributed by atoms with Crippen molar-refractivity contribution < 1.29 is 4.79 Å². The summed E-state index contributed by atoms with van der Waals surface area (Å²) in [6, 6.07) is 21.4. The lowest BCUT2D eigenvalue weighted by Crippen LogP contribution is -2.28. The number of benzene rings is 2. The number of aromatic nitrogens is 2. The number of fused-ring (bicyclic) bond motifs is 1. The fourth-order valence-corrected chi connectivity index (χ4v) is 4.37. The lowest BCUT2D eigenvalue weighted by molar-refractivity contribution is 0.251. The molecule has 2 aromatic heterocycles. The summed E-state index contributed by atoms with van der Waals surface area (Å²) in [7, 11) is 0. The molecule has 0 saturated carbocycles. The van der Waals surface area contributed by atoms with Gasteiger partial charge in [-0.1, -0.05) is 30.3 Å². The van der Waals surface area contributed by atoms with Gasteiger partial charge in [0.25, 0.3) is 0 Å². The van der Waals surface area contributed by atoms with Gasteiger partial charge in [0.2, 0.25) is 0 Å². The number of carbonyl (C=O) groups excluding carboxylic acids is 1. The number of urea groups is 1. The molecule has 0 unspecified atom stereocenters. The van der Waals surface area contributed by atoms with Gasteiger partial charge in [0.15, 0.2) is 0 Å². The lowest BCUT2D eigenvalue weighted by atomic mass is 10.2. The molecule has 140 valence electrons. The average molecular weight is 407 g/mol. The molecule has 2 N–H and O–H groups in total. The summed E-state index contributed by atoms with van der Waals surface area (Å²) < 4.78 is 1.12. The molecule has 0 atom stereocenters. The number of nitrogens with zero attached hydrogens (tertiary/aromatic N) is 2. The maximum atomic E-state index is 12.2. The maximum Gasteiger partial charge on any atom is 0.319 e. The molecule has 0 bridgehead atoms. The summed E-state index contributed by atoms with van der Waals surface area (Å²) in [5.41, 5.74) is 2.85. The smallest absolute Gasteiger partial charge is 0.319 e. The molecule has 0 fully saturated rings. The number of carbonyl (C=O) groups is 1. The van der Waals surface area contributed by atoms with Crippen molar-refractivity contribution >= 4 is 45.0 Å². The largest absolute Gasteiger partial charge is 0.331 e. The lowest BCUT2D eigenvalue weighted by Gasteiger charge is -2.08. The molecule has 2 amide bonds. The van der Waals surface area contributed by atoms with Gasteiger partial charge in [0, 0.05) is 17.6 Å². The van der Waals surface area contributed by atoms with E-state index in [1.807, 2.05) is 66.7 Å². The van der Waals surface area contributed by atoms with Gasteiger partial charge >= 0.3 is 6.03 Å². The Balaban J connectivity index is 1.31. The molecule has 0 spiro atoms. The van der Waals surface area contributed by atoms with Gasteiger partial charge in [-0.25, -0.2) is 14.8 Å². The van der Waals surface area contributed by atoms with Crippen molar-refractivity contribution in [2.24, 2.45) is 0 Å². The van der Waals surface area contributed by atoms with E-state index in [0.717, 1.165) is 37.3 Å². The van der Waals surface area contributed by atoms with Crippen LogP contribution in [0.4, 0.5) is 10.5 Å². The monoisotopic (exact) mass is 406 g/mol. The van der Waals surface area contributed by atoms with Crippen LogP contribution in [0.1, 0.15) is 10.6 Å². The van der Waals surface area contributed by atoms with Crippen molar-refractivity contribution in [1.82, 2.24) is 15.3 Å². The fraction of sp³-hybridized carbons (Fsp3) is 0.0952. The maximum absolute atomic E-state index is 12.2. The zero-order valence-corrected chi connectivity index (χ0v) is 16.6. The molecule has 4 rings (SSSR count). The SMILES string of the molecule is O=C(NCc1nc2ccccc2s1)Nc1cccc(CSc2ccccn2)c1. The minimum absolute atomic E-state index is 0.242. The zero-order chi connectivity index (χ0) is 19.2. The summed E-state index contributed by atoms with van der Waals surface area (Å²) >= 11 is 3.25. The minimum Gasteiger partial charge on any atom is -0.331 e. The minimum atomic E-state index is -0.242. The standard InChI is InChI=1S/C21H18N4OS2/c26-21(23-13-20-25-17-8-1-2-9-18(17)28-20)24-16-7-5-6-15(12-16)14-27-19-10-3-4-11-22-19/h1-12H,13-14H2,(H2,23,24,26). The van der Waals surface area contributed by atoms with E-state index in [-0.39, 0.29) is 6.03 Å². The van der Waals surface area contributed by atoms with E-state index in [1.54, 1.807) is 29.3 Å². The second-order valence-electron chi connectivity index (χ2n) is 6.04. The Hall–Kier alpha value is -2.90. The highest BCUT2D eigenvalue weighted by Gasteiger charge is 2.07. The summed E-state index contributed by atoms with van der Waals surface area (Å²) in [5, 5.41) is 7.62. The summed E-state index contributed by atoms with van der Waals surface area (Å²) in [4.78, 5) is 21.1.